The summed E-state index contributed by atoms with van der Waals surface area (Å²) in [5, 5.41) is 15.0. The van der Waals surface area contributed by atoms with E-state index in [-0.39, 0.29) is 18.2 Å². The van der Waals surface area contributed by atoms with Crippen molar-refractivity contribution in [3.8, 4) is 0 Å². The summed E-state index contributed by atoms with van der Waals surface area (Å²) in [6, 6.07) is -0.301. The first-order valence-corrected chi connectivity index (χ1v) is 7.82. The molecule has 0 aliphatic heterocycles. The van der Waals surface area contributed by atoms with Crippen LogP contribution in [0.3, 0.4) is 0 Å². The standard InChI is InChI=1S/C15H26N2O4/c1-21-15(8-5-9-15)11-17-13(20)16-10-14(12(18)19)6-3-2-4-7-14/h2-11H2,1H3,(H,18,19)(H2,16,17,20). The highest BCUT2D eigenvalue weighted by atomic mass is 16.5. The zero-order valence-electron chi connectivity index (χ0n) is 12.7. The van der Waals surface area contributed by atoms with Gasteiger partial charge in [-0.2, -0.15) is 0 Å². The lowest BCUT2D eigenvalue weighted by Gasteiger charge is -2.40. The van der Waals surface area contributed by atoms with Crippen LogP contribution in [0.25, 0.3) is 0 Å². The van der Waals surface area contributed by atoms with E-state index in [0.717, 1.165) is 38.5 Å². The molecule has 2 saturated carbocycles. The second-order valence-corrected chi connectivity index (χ2v) is 6.42. The number of carbonyl (C=O) groups is 2. The highest BCUT2D eigenvalue weighted by Crippen LogP contribution is 2.36. The summed E-state index contributed by atoms with van der Waals surface area (Å²) in [6.45, 7) is 0.684. The second-order valence-electron chi connectivity index (χ2n) is 6.42. The number of carboxylic acid groups (broad SMARTS) is 1. The Hall–Kier alpha value is -1.30. The first-order chi connectivity index (χ1) is 10.0. The normalized spacial score (nSPS) is 22.9. The number of amides is 2. The molecule has 6 heteroatoms. The molecule has 2 rings (SSSR count). The van der Waals surface area contributed by atoms with Crippen LogP contribution in [0.1, 0.15) is 51.4 Å². The minimum atomic E-state index is -0.796. The Morgan fingerprint density at radius 2 is 1.62 bits per heavy atom. The Morgan fingerprint density at radius 3 is 2.10 bits per heavy atom. The molecule has 3 N–H and O–H groups in total. The van der Waals surface area contributed by atoms with Crippen LogP contribution in [-0.4, -0.2) is 42.9 Å². The fourth-order valence-corrected chi connectivity index (χ4v) is 3.27. The van der Waals surface area contributed by atoms with Gasteiger partial charge in [0.2, 0.25) is 0 Å². The number of hydrogen-bond donors (Lipinski definition) is 3. The minimum absolute atomic E-state index is 0.203. The largest absolute Gasteiger partial charge is 0.481 e. The Morgan fingerprint density at radius 1 is 1.00 bits per heavy atom. The number of ether oxygens (including phenoxy) is 1. The quantitative estimate of drug-likeness (QED) is 0.699. The molecule has 0 radical (unpaired) electrons. The fraction of sp³-hybridized carbons (Fsp3) is 0.867. The fourth-order valence-electron chi connectivity index (χ4n) is 3.27. The van der Waals surface area contributed by atoms with Crippen LogP contribution in [-0.2, 0) is 9.53 Å². The highest BCUT2D eigenvalue weighted by molar-refractivity contribution is 5.78. The average Bonchev–Trinajstić information content (AvgIpc) is 2.45. The maximum Gasteiger partial charge on any atom is 0.314 e. The number of carbonyl (C=O) groups excluding carboxylic acids is 1. The molecule has 0 bridgehead atoms. The van der Waals surface area contributed by atoms with Gasteiger partial charge in [-0.05, 0) is 32.1 Å². The van der Waals surface area contributed by atoms with Gasteiger partial charge in [0.1, 0.15) is 0 Å². The predicted molar refractivity (Wildman–Crippen MR) is 78.1 cm³/mol. The van der Waals surface area contributed by atoms with E-state index < -0.39 is 11.4 Å². The lowest BCUT2D eigenvalue weighted by atomic mass is 9.74. The monoisotopic (exact) mass is 298 g/mol. The first-order valence-electron chi connectivity index (χ1n) is 7.82. The molecule has 2 amide bonds. The number of rotatable bonds is 6. The van der Waals surface area contributed by atoms with E-state index in [1.807, 2.05) is 0 Å². The summed E-state index contributed by atoms with van der Waals surface area (Å²) >= 11 is 0. The summed E-state index contributed by atoms with van der Waals surface area (Å²) in [4.78, 5) is 23.4. The van der Waals surface area contributed by atoms with Gasteiger partial charge in [-0.25, -0.2) is 4.79 Å². The molecule has 120 valence electrons. The number of nitrogens with one attached hydrogen (secondary N) is 2. The number of aliphatic carboxylic acids is 1. The number of methoxy groups -OCH3 is 1. The molecule has 6 nitrogen and oxygen atoms in total. The Kier molecular flexibility index (Phi) is 5.08. The number of urea groups is 1. The van der Waals surface area contributed by atoms with Crippen molar-refractivity contribution in [2.75, 3.05) is 20.2 Å². The molecule has 0 spiro atoms. The van der Waals surface area contributed by atoms with Crippen molar-refractivity contribution in [2.45, 2.75) is 57.0 Å². The van der Waals surface area contributed by atoms with Gasteiger partial charge in [-0.15, -0.1) is 0 Å². The molecule has 2 aliphatic rings. The molecule has 0 aromatic rings. The summed E-state index contributed by atoms with van der Waals surface area (Å²) in [7, 11) is 1.67. The maximum atomic E-state index is 11.9. The van der Waals surface area contributed by atoms with Gasteiger partial charge in [0.25, 0.3) is 0 Å². The third kappa shape index (κ3) is 3.67. The summed E-state index contributed by atoms with van der Waals surface area (Å²) in [5.41, 5.74) is -1.00. The van der Waals surface area contributed by atoms with Crippen LogP contribution in [0.5, 0.6) is 0 Å². The average molecular weight is 298 g/mol. The lowest BCUT2D eigenvalue weighted by Crippen LogP contribution is -2.53. The Bertz CT molecular complexity index is 382. The van der Waals surface area contributed by atoms with Crippen molar-refractivity contribution < 1.29 is 19.4 Å². The minimum Gasteiger partial charge on any atom is -0.481 e. The van der Waals surface area contributed by atoms with E-state index in [1.165, 1.54) is 0 Å². The number of hydrogen-bond acceptors (Lipinski definition) is 3. The maximum absolute atomic E-state index is 11.9. The van der Waals surface area contributed by atoms with Crippen LogP contribution in [0.15, 0.2) is 0 Å². The number of carboxylic acids is 1. The van der Waals surface area contributed by atoms with E-state index in [2.05, 4.69) is 10.6 Å². The molecular formula is C15H26N2O4. The van der Waals surface area contributed by atoms with Crippen molar-refractivity contribution in [2.24, 2.45) is 5.41 Å². The summed E-state index contributed by atoms with van der Waals surface area (Å²) < 4.78 is 5.44. The Balaban J connectivity index is 1.78. The first kappa shape index (κ1) is 16.1. The van der Waals surface area contributed by atoms with Gasteiger partial charge >= 0.3 is 12.0 Å². The van der Waals surface area contributed by atoms with Crippen molar-refractivity contribution in [3.63, 3.8) is 0 Å². The summed E-state index contributed by atoms with van der Waals surface area (Å²) in [5.74, 6) is -0.796. The smallest absolute Gasteiger partial charge is 0.314 e. The van der Waals surface area contributed by atoms with E-state index in [9.17, 15) is 14.7 Å². The van der Waals surface area contributed by atoms with E-state index >= 15 is 0 Å². The van der Waals surface area contributed by atoms with Crippen LogP contribution in [0, 0.1) is 5.41 Å². The van der Waals surface area contributed by atoms with Crippen molar-refractivity contribution in [1.82, 2.24) is 10.6 Å². The topological polar surface area (TPSA) is 87.7 Å². The molecule has 21 heavy (non-hydrogen) atoms. The van der Waals surface area contributed by atoms with E-state index in [1.54, 1.807) is 7.11 Å². The zero-order chi connectivity index (χ0) is 15.3. The van der Waals surface area contributed by atoms with Crippen molar-refractivity contribution in [1.29, 1.82) is 0 Å². The lowest BCUT2D eigenvalue weighted by molar-refractivity contribution is -0.150. The van der Waals surface area contributed by atoms with E-state index in [4.69, 9.17) is 4.74 Å². The highest BCUT2D eigenvalue weighted by Gasteiger charge is 2.40. The second kappa shape index (κ2) is 6.64. The molecule has 0 saturated heterocycles. The van der Waals surface area contributed by atoms with Crippen LogP contribution in [0.4, 0.5) is 4.79 Å². The third-order valence-electron chi connectivity index (χ3n) is 5.12. The molecule has 0 atom stereocenters. The van der Waals surface area contributed by atoms with Gasteiger partial charge in [-0.1, -0.05) is 19.3 Å². The molecule has 2 fully saturated rings. The molecular weight excluding hydrogens is 272 g/mol. The van der Waals surface area contributed by atoms with Gasteiger partial charge in [0.05, 0.1) is 11.0 Å². The van der Waals surface area contributed by atoms with Gasteiger partial charge < -0.3 is 20.5 Å². The van der Waals surface area contributed by atoms with Gasteiger partial charge in [-0.3, -0.25) is 4.79 Å². The van der Waals surface area contributed by atoms with Gasteiger partial charge in [0.15, 0.2) is 0 Å². The van der Waals surface area contributed by atoms with Crippen LogP contribution >= 0.6 is 0 Å². The SMILES string of the molecule is COC1(CNC(=O)NCC2(C(=O)O)CCCCC2)CCC1. The molecule has 0 aromatic heterocycles. The van der Waals surface area contributed by atoms with Crippen LogP contribution in [0.2, 0.25) is 0 Å². The predicted octanol–water partition coefficient (Wildman–Crippen LogP) is 1.89. The van der Waals surface area contributed by atoms with Crippen molar-refractivity contribution in [3.05, 3.63) is 0 Å². The molecule has 2 aliphatic carbocycles. The van der Waals surface area contributed by atoms with Crippen LogP contribution < -0.4 is 10.6 Å². The molecule has 0 heterocycles. The zero-order valence-corrected chi connectivity index (χ0v) is 12.7. The summed E-state index contributed by atoms with van der Waals surface area (Å²) in [6.07, 6.45) is 7.25. The molecule has 0 aromatic carbocycles. The van der Waals surface area contributed by atoms with Crippen molar-refractivity contribution >= 4 is 12.0 Å². The Labute approximate surface area is 125 Å². The molecule has 0 unspecified atom stereocenters. The van der Waals surface area contributed by atoms with Gasteiger partial charge in [0, 0.05) is 20.2 Å². The third-order valence-corrected chi connectivity index (χ3v) is 5.12. The van der Waals surface area contributed by atoms with E-state index in [0.29, 0.717) is 19.4 Å².